The number of aromatic nitrogens is 4. The third-order valence-corrected chi connectivity index (χ3v) is 4.40. The first kappa shape index (κ1) is 17.4. The molecule has 132 valence electrons. The van der Waals surface area contributed by atoms with Gasteiger partial charge in [-0.25, -0.2) is 14.6 Å². The number of hydrogen-bond donors (Lipinski definition) is 0. The monoisotopic (exact) mass is 339 g/mol. The molecule has 0 aliphatic carbocycles. The summed E-state index contributed by atoms with van der Waals surface area (Å²) in [6.07, 6.45) is 5.06. The number of oxazole rings is 1. The Morgan fingerprint density at radius 3 is 2.48 bits per heavy atom. The molecule has 25 heavy (non-hydrogen) atoms. The lowest BCUT2D eigenvalue weighted by Crippen LogP contribution is -2.22. The van der Waals surface area contributed by atoms with Crippen LogP contribution in [0.15, 0.2) is 47.5 Å². The summed E-state index contributed by atoms with van der Waals surface area (Å²) in [5.74, 6) is 1.67. The second-order valence-corrected chi connectivity index (χ2v) is 7.39. The summed E-state index contributed by atoms with van der Waals surface area (Å²) < 4.78 is 7.65. The molecular weight excluding hydrogens is 314 g/mol. The van der Waals surface area contributed by atoms with Gasteiger partial charge in [-0.1, -0.05) is 32.9 Å². The molecule has 0 aliphatic rings. The van der Waals surface area contributed by atoms with Crippen LogP contribution in [0.1, 0.15) is 51.0 Å². The fourth-order valence-electron chi connectivity index (χ4n) is 2.58. The van der Waals surface area contributed by atoms with Crippen molar-refractivity contribution in [3.05, 3.63) is 60.3 Å². The van der Waals surface area contributed by atoms with Crippen LogP contribution >= 0.6 is 0 Å². The van der Waals surface area contributed by atoms with E-state index >= 15 is 0 Å². The molecule has 0 unspecified atom stereocenters. The van der Waals surface area contributed by atoms with Gasteiger partial charge in [0.15, 0.2) is 0 Å². The molecule has 6 nitrogen and oxygen atoms in total. The van der Waals surface area contributed by atoms with Crippen molar-refractivity contribution in [3.63, 3.8) is 0 Å². The van der Waals surface area contributed by atoms with Crippen molar-refractivity contribution in [1.29, 1.82) is 0 Å². The van der Waals surface area contributed by atoms with Gasteiger partial charge < -0.3 is 4.42 Å². The van der Waals surface area contributed by atoms with E-state index in [9.17, 15) is 0 Å². The zero-order valence-corrected chi connectivity index (χ0v) is 15.5. The quantitative estimate of drug-likeness (QED) is 0.708. The molecule has 0 N–H and O–H groups in total. The summed E-state index contributed by atoms with van der Waals surface area (Å²) in [4.78, 5) is 10.6. The molecule has 3 rings (SSSR count). The summed E-state index contributed by atoms with van der Waals surface area (Å²) in [7, 11) is 2.08. The topological polar surface area (TPSA) is 60.0 Å². The van der Waals surface area contributed by atoms with Crippen molar-refractivity contribution in [3.8, 4) is 5.69 Å². The molecule has 2 aromatic heterocycles. The van der Waals surface area contributed by atoms with E-state index in [1.54, 1.807) is 11.0 Å². The normalized spacial score (nSPS) is 13.4. The molecule has 0 bridgehead atoms. The average Bonchev–Trinajstić information content (AvgIpc) is 3.25. The van der Waals surface area contributed by atoms with Crippen molar-refractivity contribution in [1.82, 2.24) is 24.6 Å². The minimum absolute atomic E-state index is 0.0212. The third-order valence-electron chi connectivity index (χ3n) is 4.40. The molecular formula is C19H25N5O. The van der Waals surface area contributed by atoms with E-state index in [-0.39, 0.29) is 11.5 Å². The Morgan fingerprint density at radius 2 is 1.92 bits per heavy atom. The van der Waals surface area contributed by atoms with E-state index in [0.29, 0.717) is 6.54 Å². The molecule has 0 radical (unpaired) electrons. The second kappa shape index (κ2) is 6.80. The smallest absolute Gasteiger partial charge is 0.208 e. The Kier molecular flexibility index (Phi) is 4.72. The van der Waals surface area contributed by atoms with Gasteiger partial charge in [-0.05, 0) is 31.7 Å². The predicted octanol–water partition coefficient (Wildman–Crippen LogP) is 3.75. The maximum absolute atomic E-state index is 5.90. The van der Waals surface area contributed by atoms with Crippen LogP contribution in [0.4, 0.5) is 0 Å². The van der Waals surface area contributed by atoms with Crippen molar-refractivity contribution >= 4 is 0 Å². The molecule has 2 heterocycles. The molecule has 0 aliphatic heterocycles. The van der Waals surface area contributed by atoms with Crippen LogP contribution in [-0.4, -0.2) is 31.7 Å². The molecule has 0 amide bonds. The maximum atomic E-state index is 5.90. The van der Waals surface area contributed by atoms with E-state index in [1.165, 1.54) is 11.9 Å². The first-order valence-corrected chi connectivity index (χ1v) is 8.45. The molecule has 0 fully saturated rings. The van der Waals surface area contributed by atoms with Crippen molar-refractivity contribution in [2.45, 2.75) is 45.7 Å². The van der Waals surface area contributed by atoms with Crippen molar-refractivity contribution < 1.29 is 4.42 Å². The highest BCUT2D eigenvalue weighted by Gasteiger charge is 2.20. The van der Waals surface area contributed by atoms with Crippen LogP contribution in [0.5, 0.6) is 0 Å². The lowest BCUT2D eigenvalue weighted by molar-refractivity contribution is 0.222. The van der Waals surface area contributed by atoms with E-state index < -0.39 is 0 Å². The Labute approximate surface area is 148 Å². The van der Waals surface area contributed by atoms with Gasteiger partial charge in [0.2, 0.25) is 5.89 Å². The van der Waals surface area contributed by atoms with Gasteiger partial charge in [-0.15, -0.1) is 0 Å². The molecule has 6 heteroatoms. The summed E-state index contributed by atoms with van der Waals surface area (Å²) in [5, 5.41) is 4.15. The molecule has 1 atom stereocenters. The number of rotatable bonds is 5. The fourth-order valence-corrected chi connectivity index (χ4v) is 2.58. The van der Waals surface area contributed by atoms with E-state index in [4.69, 9.17) is 4.42 Å². The number of hydrogen-bond acceptors (Lipinski definition) is 5. The van der Waals surface area contributed by atoms with Gasteiger partial charge in [-0.2, -0.15) is 5.10 Å². The van der Waals surface area contributed by atoms with Crippen LogP contribution in [0.2, 0.25) is 0 Å². The predicted molar refractivity (Wildman–Crippen MR) is 96.4 cm³/mol. The molecule has 0 saturated heterocycles. The first-order valence-electron chi connectivity index (χ1n) is 8.45. The van der Waals surface area contributed by atoms with Gasteiger partial charge >= 0.3 is 0 Å². The average molecular weight is 339 g/mol. The van der Waals surface area contributed by atoms with Crippen LogP contribution in [0.25, 0.3) is 5.69 Å². The van der Waals surface area contributed by atoms with Gasteiger partial charge in [0.1, 0.15) is 18.4 Å². The first-order chi connectivity index (χ1) is 11.8. The summed E-state index contributed by atoms with van der Waals surface area (Å²) in [6.45, 7) is 9.22. The highest BCUT2D eigenvalue weighted by atomic mass is 16.4. The summed E-state index contributed by atoms with van der Waals surface area (Å²) >= 11 is 0. The minimum Gasteiger partial charge on any atom is -0.444 e. The van der Waals surface area contributed by atoms with Gasteiger partial charge in [0.05, 0.1) is 18.4 Å². The fraction of sp³-hybridized carbons (Fsp3) is 0.421. The van der Waals surface area contributed by atoms with Crippen LogP contribution in [0.3, 0.4) is 0 Å². The minimum atomic E-state index is -0.0212. The SMILES string of the molecule is C[C@H](c1ccc(-n2cncn2)cc1)N(C)Cc1ncc(C(C)(C)C)o1. The Morgan fingerprint density at radius 1 is 1.20 bits per heavy atom. The van der Waals surface area contributed by atoms with E-state index in [1.807, 2.05) is 6.20 Å². The van der Waals surface area contributed by atoms with Crippen molar-refractivity contribution in [2.24, 2.45) is 0 Å². The van der Waals surface area contributed by atoms with Crippen molar-refractivity contribution in [2.75, 3.05) is 7.05 Å². The molecule has 3 aromatic rings. The van der Waals surface area contributed by atoms with Gasteiger partial charge in [-0.3, -0.25) is 4.90 Å². The zero-order valence-electron chi connectivity index (χ0n) is 15.5. The van der Waals surface area contributed by atoms with Crippen LogP contribution < -0.4 is 0 Å². The molecule has 1 aromatic carbocycles. The Bertz CT molecular complexity index is 799. The lowest BCUT2D eigenvalue weighted by atomic mass is 9.94. The van der Waals surface area contributed by atoms with Crippen LogP contribution in [0, 0.1) is 0 Å². The Hall–Kier alpha value is -2.47. The highest BCUT2D eigenvalue weighted by Crippen LogP contribution is 2.25. The van der Waals surface area contributed by atoms with E-state index in [2.05, 4.69) is 79.0 Å². The van der Waals surface area contributed by atoms with E-state index in [0.717, 1.165) is 17.3 Å². The number of benzene rings is 1. The van der Waals surface area contributed by atoms with Gasteiger partial charge in [0.25, 0.3) is 0 Å². The largest absolute Gasteiger partial charge is 0.444 e. The lowest BCUT2D eigenvalue weighted by Gasteiger charge is -2.24. The van der Waals surface area contributed by atoms with Crippen LogP contribution in [-0.2, 0) is 12.0 Å². The standard InChI is InChI=1S/C19H25N5O/c1-14(15-6-8-16(9-7-15)24-13-20-12-22-24)23(5)11-18-21-10-17(25-18)19(2,3)4/h6-10,12-14H,11H2,1-5H3/t14-/m1/s1. The highest BCUT2D eigenvalue weighted by molar-refractivity contribution is 5.34. The van der Waals surface area contributed by atoms with Gasteiger partial charge in [0, 0.05) is 11.5 Å². The summed E-state index contributed by atoms with van der Waals surface area (Å²) in [6, 6.07) is 8.59. The molecule has 0 saturated carbocycles. The Balaban J connectivity index is 1.67. The zero-order chi connectivity index (χ0) is 18.0. The number of nitrogens with zero attached hydrogens (tertiary/aromatic N) is 5. The third kappa shape index (κ3) is 3.96. The second-order valence-electron chi connectivity index (χ2n) is 7.39. The maximum Gasteiger partial charge on any atom is 0.208 e. The molecule has 0 spiro atoms. The summed E-state index contributed by atoms with van der Waals surface area (Å²) in [5.41, 5.74) is 2.21.